The van der Waals surface area contributed by atoms with E-state index in [1.165, 1.54) is 0 Å². The van der Waals surface area contributed by atoms with Crippen molar-refractivity contribution in [2.45, 2.75) is 18.9 Å². The fourth-order valence-electron chi connectivity index (χ4n) is 2.27. The molecule has 0 aromatic heterocycles. The van der Waals surface area contributed by atoms with Gasteiger partial charge in [0, 0.05) is 23.7 Å². The first-order valence-electron chi connectivity index (χ1n) is 6.59. The van der Waals surface area contributed by atoms with Crippen molar-refractivity contribution < 1.29 is 9.90 Å². The Morgan fingerprint density at radius 1 is 1.53 bits per heavy atom. The topological polar surface area (TPSA) is 61.4 Å². The number of hydrogen-bond donors (Lipinski definition) is 3. The van der Waals surface area contributed by atoms with Gasteiger partial charge in [0.2, 0.25) is 5.91 Å². The van der Waals surface area contributed by atoms with Gasteiger partial charge in [-0.25, -0.2) is 0 Å². The second kappa shape index (κ2) is 6.89. The number of halogens is 1. The lowest BCUT2D eigenvalue weighted by atomic mass is 9.98. The van der Waals surface area contributed by atoms with Crippen LogP contribution < -0.4 is 10.6 Å². The number of benzene rings is 1. The predicted molar refractivity (Wildman–Crippen MR) is 75.0 cm³/mol. The summed E-state index contributed by atoms with van der Waals surface area (Å²) in [4.78, 5) is 11.9. The summed E-state index contributed by atoms with van der Waals surface area (Å²) in [6.45, 7) is 1.89. The number of hydrogen-bond acceptors (Lipinski definition) is 3. The molecule has 1 aliphatic heterocycles. The van der Waals surface area contributed by atoms with Crippen LogP contribution in [0.4, 0.5) is 0 Å². The molecule has 1 amide bonds. The summed E-state index contributed by atoms with van der Waals surface area (Å²) in [5.74, 6) is 0.00509. The zero-order chi connectivity index (χ0) is 13.7. The van der Waals surface area contributed by atoms with Crippen LogP contribution in [0, 0.1) is 5.92 Å². The first-order valence-corrected chi connectivity index (χ1v) is 6.97. The van der Waals surface area contributed by atoms with Crippen molar-refractivity contribution in [3.05, 3.63) is 34.9 Å². The minimum absolute atomic E-state index is 0.00157. The number of aliphatic hydroxyl groups excluding tert-OH is 1. The van der Waals surface area contributed by atoms with Crippen molar-refractivity contribution in [2.24, 2.45) is 5.92 Å². The maximum absolute atomic E-state index is 11.9. The molecule has 0 unspecified atom stereocenters. The summed E-state index contributed by atoms with van der Waals surface area (Å²) in [6, 6.07) is 7.12. The van der Waals surface area contributed by atoms with E-state index in [-0.39, 0.29) is 18.4 Å². The Morgan fingerprint density at radius 2 is 2.32 bits per heavy atom. The number of amides is 1. The van der Waals surface area contributed by atoms with Crippen LogP contribution in [0.3, 0.4) is 0 Å². The van der Waals surface area contributed by atoms with Crippen LogP contribution in [0.2, 0.25) is 5.02 Å². The van der Waals surface area contributed by atoms with Gasteiger partial charge < -0.3 is 15.7 Å². The highest BCUT2D eigenvalue weighted by molar-refractivity contribution is 6.31. The normalized spacial score (nSPS) is 20.8. The average molecular weight is 283 g/mol. The molecule has 1 aromatic rings. The molecule has 4 nitrogen and oxygen atoms in total. The van der Waals surface area contributed by atoms with E-state index in [1.54, 1.807) is 12.1 Å². The van der Waals surface area contributed by atoms with Crippen molar-refractivity contribution in [3.63, 3.8) is 0 Å². The molecule has 0 bridgehead atoms. The van der Waals surface area contributed by atoms with Crippen molar-refractivity contribution in [3.8, 4) is 0 Å². The Morgan fingerprint density at radius 3 is 3.00 bits per heavy atom. The van der Waals surface area contributed by atoms with E-state index in [1.807, 2.05) is 12.1 Å². The summed E-state index contributed by atoms with van der Waals surface area (Å²) in [6.07, 6.45) is 1.15. The number of piperidine rings is 1. The van der Waals surface area contributed by atoms with Crippen LogP contribution in [0.25, 0.3) is 0 Å². The van der Waals surface area contributed by atoms with Gasteiger partial charge >= 0.3 is 0 Å². The quantitative estimate of drug-likeness (QED) is 0.784. The molecule has 104 valence electrons. The molecule has 0 radical (unpaired) electrons. The highest BCUT2D eigenvalue weighted by Crippen LogP contribution is 2.22. The van der Waals surface area contributed by atoms with E-state index in [0.717, 1.165) is 19.4 Å². The minimum atomic E-state index is -0.769. The van der Waals surface area contributed by atoms with Gasteiger partial charge in [-0.1, -0.05) is 29.8 Å². The average Bonchev–Trinajstić information content (AvgIpc) is 2.46. The molecule has 2 rings (SSSR count). The third kappa shape index (κ3) is 3.93. The minimum Gasteiger partial charge on any atom is -0.387 e. The van der Waals surface area contributed by atoms with Crippen LogP contribution in [0.5, 0.6) is 0 Å². The molecule has 1 aromatic carbocycles. The fourth-order valence-corrected chi connectivity index (χ4v) is 2.53. The van der Waals surface area contributed by atoms with E-state index in [0.29, 0.717) is 17.1 Å². The van der Waals surface area contributed by atoms with E-state index in [2.05, 4.69) is 10.6 Å². The molecule has 2 atom stereocenters. The van der Waals surface area contributed by atoms with E-state index in [9.17, 15) is 9.90 Å². The van der Waals surface area contributed by atoms with Gasteiger partial charge in [0.15, 0.2) is 0 Å². The molecule has 0 saturated carbocycles. The summed E-state index contributed by atoms with van der Waals surface area (Å²) >= 11 is 6.00. The van der Waals surface area contributed by atoms with Gasteiger partial charge in [-0.15, -0.1) is 0 Å². The highest BCUT2D eigenvalue weighted by atomic mass is 35.5. The van der Waals surface area contributed by atoms with Crippen LogP contribution in [-0.4, -0.2) is 30.6 Å². The van der Waals surface area contributed by atoms with Crippen molar-refractivity contribution in [1.29, 1.82) is 0 Å². The molecule has 1 heterocycles. The Balaban J connectivity index is 1.84. The molecule has 0 aliphatic carbocycles. The zero-order valence-electron chi connectivity index (χ0n) is 10.7. The smallest absolute Gasteiger partial charge is 0.224 e. The number of nitrogens with one attached hydrogen (secondary N) is 2. The third-order valence-corrected chi connectivity index (χ3v) is 3.75. The summed E-state index contributed by atoms with van der Waals surface area (Å²) < 4.78 is 0. The van der Waals surface area contributed by atoms with Crippen LogP contribution in [0.15, 0.2) is 24.3 Å². The van der Waals surface area contributed by atoms with Gasteiger partial charge in [-0.3, -0.25) is 4.79 Å². The van der Waals surface area contributed by atoms with Crippen LogP contribution >= 0.6 is 11.6 Å². The molecule has 1 fully saturated rings. The van der Waals surface area contributed by atoms with Crippen LogP contribution in [0.1, 0.15) is 24.5 Å². The fraction of sp³-hybridized carbons (Fsp3) is 0.500. The Labute approximate surface area is 118 Å². The lowest BCUT2D eigenvalue weighted by Gasteiger charge is -2.22. The standard InChI is InChI=1S/C14H19ClN2O2/c15-12-6-2-1-5-11(12)13(18)9-17-14(19)10-4-3-7-16-8-10/h1-2,5-6,10,13,16,18H,3-4,7-9H2,(H,17,19)/t10-,13+/m0/s1. The Hall–Kier alpha value is -1.10. The van der Waals surface area contributed by atoms with Gasteiger partial charge in [-0.2, -0.15) is 0 Å². The molecule has 19 heavy (non-hydrogen) atoms. The third-order valence-electron chi connectivity index (χ3n) is 3.40. The molecule has 3 N–H and O–H groups in total. The monoisotopic (exact) mass is 282 g/mol. The number of aliphatic hydroxyl groups is 1. The van der Waals surface area contributed by atoms with E-state index >= 15 is 0 Å². The zero-order valence-corrected chi connectivity index (χ0v) is 11.5. The predicted octanol–water partition coefficient (Wildman–Crippen LogP) is 1.49. The maximum atomic E-state index is 11.9. The summed E-state index contributed by atoms with van der Waals surface area (Å²) in [5.41, 5.74) is 0.645. The Kier molecular flexibility index (Phi) is 5.19. The highest BCUT2D eigenvalue weighted by Gasteiger charge is 2.21. The lowest BCUT2D eigenvalue weighted by molar-refractivity contribution is -0.125. The van der Waals surface area contributed by atoms with Crippen LogP contribution in [-0.2, 0) is 4.79 Å². The molecule has 1 aliphatic rings. The van der Waals surface area contributed by atoms with Crippen molar-refractivity contribution in [2.75, 3.05) is 19.6 Å². The number of rotatable bonds is 4. The summed E-state index contributed by atoms with van der Waals surface area (Å²) in [5, 5.41) is 16.5. The second-order valence-corrected chi connectivity index (χ2v) is 5.23. The number of carbonyl (C=O) groups is 1. The largest absolute Gasteiger partial charge is 0.387 e. The molecule has 1 saturated heterocycles. The molecule has 0 spiro atoms. The first kappa shape index (κ1) is 14.3. The lowest BCUT2D eigenvalue weighted by Crippen LogP contribution is -2.41. The van der Waals surface area contributed by atoms with Gasteiger partial charge in [0.05, 0.1) is 12.0 Å². The van der Waals surface area contributed by atoms with Gasteiger partial charge in [0.25, 0.3) is 0 Å². The van der Waals surface area contributed by atoms with E-state index in [4.69, 9.17) is 11.6 Å². The molecular weight excluding hydrogens is 264 g/mol. The second-order valence-electron chi connectivity index (χ2n) is 4.83. The summed E-state index contributed by atoms with van der Waals surface area (Å²) in [7, 11) is 0. The Bertz CT molecular complexity index is 433. The maximum Gasteiger partial charge on any atom is 0.224 e. The SMILES string of the molecule is O=C(NC[C@@H](O)c1ccccc1Cl)[C@H]1CCCNC1. The first-order chi connectivity index (χ1) is 9.18. The van der Waals surface area contributed by atoms with Crippen molar-refractivity contribution >= 4 is 17.5 Å². The van der Waals surface area contributed by atoms with Crippen molar-refractivity contribution in [1.82, 2.24) is 10.6 Å². The molecular formula is C14H19ClN2O2. The molecule has 5 heteroatoms. The van der Waals surface area contributed by atoms with E-state index < -0.39 is 6.10 Å². The number of carbonyl (C=O) groups excluding carboxylic acids is 1. The van der Waals surface area contributed by atoms with Gasteiger partial charge in [-0.05, 0) is 25.5 Å². The van der Waals surface area contributed by atoms with Gasteiger partial charge in [0.1, 0.15) is 0 Å².